The van der Waals surface area contributed by atoms with Crippen LogP contribution >= 0.6 is 11.8 Å². The SMILES string of the molecule is Cc1ccc(Sc2ncc(CO)n2C)c(C#N)c1. The van der Waals surface area contributed by atoms with Crippen molar-refractivity contribution in [3.8, 4) is 6.07 Å². The highest BCUT2D eigenvalue weighted by Gasteiger charge is 2.10. The number of imidazole rings is 1. The zero-order valence-electron chi connectivity index (χ0n) is 10.2. The van der Waals surface area contributed by atoms with Gasteiger partial charge in [0.25, 0.3) is 0 Å². The predicted octanol–water partition coefficient (Wildman–Crippen LogP) is 2.24. The third-order valence-corrected chi connectivity index (χ3v) is 3.80. The van der Waals surface area contributed by atoms with Crippen LogP contribution in [0.3, 0.4) is 0 Å². The van der Waals surface area contributed by atoms with E-state index in [1.807, 2.05) is 36.7 Å². The van der Waals surface area contributed by atoms with E-state index in [2.05, 4.69) is 11.1 Å². The highest BCUT2D eigenvalue weighted by atomic mass is 32.2. The molecule has 0 saturated carbocycles. The molecule has 0 spiro atoms. The molecular weight excluding hydrogens is 246 g/mol. The Morgan fingerprint density at radius 2 is 2.28 bits per heavy atom. The molecule has 1 heterocycles. The summed E-state index contributed by atoms with van der Waals surface area (Å²) in [6.07, 6.45) is 1.64. The molecule has 5 heteroatoms. The predicted molar refractivity (Wildman–Crippen MR) is 69.1 cm³/mol. The summed E-state index contributed by atoms with van der Waals surface area (Å²) in [5.74, 6) is 0. The maximum absolute atomic E-state index is 9.11. The van der Waals surface area contributed by atoms with Gasteiger partial charge < -0.3 is 9.67 Å². The van der Waals surface area contributed by atoms with Crippen molar-refractivity contribution in [3.63, 3.8) is 0 Å². The number of nitrogens with zero attached hydrogens (tertiary/aromatic N) is 3. The minimum atomic E-state index is -0.0386. The van der Waals surface area contributed by atoms with Gasteiger partial charge in [-0.15, -0.1) is 0 Å². The average molecular weight is 259 g/mol. The largest absolute Gasteiger partial charge is 0.390 e. The lowest BCUT2D eigenvalue weighted by molar-refractivity contribution is 0.271. The minimum absolute atomic E-state index is 0.0386. The lowest BCUT2D eigenvalue weighted by atomic mass is 10.2. The molecule has 1 N–H and O–H groups in total. The standard InChI is InChI=1S/C13H13N3OS/c1-9-3-4-12(10(5-9)6-14)18-13-15-7-11(8-17)16(13)2/h3-5,7,17H,8H2,1-2H3. The van der Waals surface area contributed by atoms with E-state index in [9.17, 15) is 0 Å². The molecular formula is C13H13N3OS. The van der Waals surface area contributed by atoms with E-state index in [0.29, 0.717) is 5.56 Å². The monoisotopic (exact) mass is 259 g/mol. The fraction of sp³-hybridized carbons (Fsp3) is 0.231. The topological polar surface area (TPSA) is 61.8 Å². The van der Waals surface area contributed by atoms with Crippen LogP contribution in [0.25, 0.3) is 0 Å². The normalized spacial score (nSPS) is 10.3. The Hall–Kier alpha value is -1.77. The molecule has 0 bridgehead atoms. The van der Waals surface area contributed by atoms with Gasteiger partial charge in [0.05, 0.1) is 24.1 Å². The molecule has 0 aliphatic carbocycles. The van der Waals surface area contributed by atoms with E-state index in [4.69, 9.17) is 10.4 Å². The number of benzene rings is 1. The first-order valence-electron chi connectivity index (χ1n) is 5.45. The molecule has 92 valence electrons. The van der Waals surface area contributed by atoms with Gasteiger partial charge in [-0.1, -0.05) is 17.8 Å². The van der Waals surface area contributed by atoms with Crippen LogP contribution in [0.1, 0.15) is 16.8 Å². The summed E-state index contributed by atoms with van der Waals surface area (Å²) < 4.78 is 1.83. The highest BCUT2D eigenvalue weighted by Crippen LogP contribution is 2.30. The third-order valence-electron chi connectivity index (χ3n) is 2.66. The van der Waals surface area contributed by atoms with Gasteiger partial charge >= 0.3 is 0 Å². The summed E-state index contributed by atoms with van der Waals surface area (Å²) in [4.78, 5) is 5.11. The molecule has 1 aromatic heterocycles. The van der Waals surface area contributed by atoms with E-state index in [-0.39, 0.29) is 6.61 Å². The zero-order valence-corrected chi connectivity index (χ0v) is 11.0. The van der Waals surface area contributed by atoms with Crippen LogP contribution in [0.2, 0.25) is 0 Å². The summed E-state index contributed by atoms with van der Waals surface area (Å²) in [5, 5.41) is 19.0. The number of aryl methyl sites for hydroxylation is 1. The molecule has 0 unspecified atom stereocenters. The first-order valence-corrected chi connectivity index (χ1v) is 6.27. The van der Waals surface area contributed by atoms with Crippen LogP contribution in [-0.4, -0.2) is 14.7 Å². The maximum Gasteiger partial charge on any atom is 0.172 e. The summed E-state index contributed by atoms with van der Waals surface area (Å²) >= 11 is 1.43. The zero-order chi connectivity index (χ0) is 13.1. The first-order chi connectivity index (χ1) is 8.65. The molecule has 2 aromatic rings. The Kier molecular flexibility index (Phi) is 3.70. The summed E-state index contributed by atoms with van der Waals surface area (Å²) in [6, 6.07) is 7.94. The van der Waals surface area contributed by atoms with Gasteiger partial charge in [-0.05, 0) is 24.6 Å². The van der Waals surface area contributed by atoms with E-state index in [0.717, 1.165) is 21.3 Å². The second-order valence-electron chi connectivity index (χ2n) is 3.96. The Balaban J connectivity index is 2.34. The van der Waals surface area contributed by atoms with E-state index in [1.54, 1.807) is 6.20 Å². The van der Waals surface area contributed by atoms with Crippen molar-refractivity contribution in [1.82, 2.24) is 9.55 Å². The molecule has 1 aromatic carbocycles. The lowest BCUT2D eigenvalue weighted by Gasteiger charge is -2.06. The van der Waals surface area contributed by atoms with Gasteiger partial charge in [-0.2, -0.15) is 5.26 Å². The van der Waals surface area contributed by atoms with Crippen molar-refractivity contribution >= 4 is 11.8 Å². The number of aromatic nitrogens is 2. The Bertz CT molecular complexity index is 613. The maximum atomic E-state index is 9.11. The van der Waals surface area contributed by atoms with Crippen molar-refractivity contribution in [2.45, 2.75) is 23.6 Å². The van der Waals surface area contributed by atoms with Crippen LogP contribution in [0.5, 0.6) is 0 Å². The van der Waals surface area contributed by atoms with Crippen LogP contribution in [-0.2, 0) is 13.7 Å². The molecule has 0 aliphatic heterocycles. The van der Waals surface area contributed by atoms with Crippen molar-refractivity contribution in [3.05, 3.63) is 41.2 Å². The van der Waals surface area contributed by atoms with Crippen molar-refractivity contribution < 1.29 is 5.11 Å². The molecule has 2 rings (SSSR count). The molecule has 18 heavy (non-hydrogen) atoms. The van der Waals surface area contributed by atoms with Crippen LogP contribution in [0, 0.1) is 18.3 Å². The van der Waals surface area contributed by atoms with E-state index in [1.165, 1.54) is 11.8 Å². The molecule has 0 radical (unpaired) electrons. The number of nitriles is 1. The molecule has 0 saturated heterocycles. The van der Waals surface area contributed by atoms with Crippen molar-refractivity contribution in [1.29, 1.82) is 5.26 Å². The number of hydrogen-bond acceptors (Lipinski definition) is 4. The quantitative estimate of drug-likeness (QED) is 0.918. The minimum Gasteiger partial charge on any atom is -0.390 e. The van der Waals surface area contributed by atoms with Gasteiger partial charge in [0, 0.05) is 11.9 Å². The second kappa shape index (κ2) is 5.25. The average Bonchev–Trinajstić information content (AvgIpc) is 2.72. The van der Waals surface area contributed by atoms with Gasteiger partial charge in [-0.3, -0.25) is 0 Å². The number of hydrogen-bond donors (Lipinski definition) is 1. The Morgan fingerprint density at radius 1 is 1.50 bits per heavy atom. The fourth-order valence-electron chi connectivity index (χ4n) is 1.59. The second-order valence-corrected chi connectivity index (χ2v) is 4.97. The summed E-state index contributed by atoms with van der Waals surface area (Å²) in [6.45, 7) is 1.92. The number of aliphatic hydroxyl groups excluding tert-OH is 1. The summed E-state index contributed by atoms with van der Waals surface area (Å²) in [5.41, 5.74) is 2.46. The van der Waals surface area contributed by atoms with Gasteiger partial charge in [-0.25, -0.2) is 4.98 Å². The van der Waals surface area contributed by atoms with Crippen LogP contribution in [0.4, 0.5) is 0 Å². The Labute approximate surface area is 110 Å². The van der Waals surface area contributed by atoms with Crippen LogP contribution < -0.4 is 0 Å². The molecule has 4 nitrogen and oxygen atoms in total. The van der Waals surface area contributed by atoms with E-state index < -0.39 is 0 Å². The smallest absolute Gasteiger partial charge is 0.172 e. The fourth-order valence-corrected chi connectivity index (χ4v) is 2.49. The third kappa shape index (κ3) is 2.40. The Morgan fingerprint density at radius 3 is 2.89 bits per heavy atom. The van der Waals surface area contributed by atoms with Crippen molar-refractivity contribution in [2.24, 2.45) is 7.05 Å². The van der Waals surface area contributed by atoms with E-state index >= 15 is 0 Å². The number of rotatable bonds is 3. The summed E-state index contributed by atoms with van der Waals surface area (Å²) in [7, 11) is 1.85. The van der Waals surface area contributed by atoms with Gasteiger partial charge in [0.2, 0.25) is 0 Å². The van der Waals surface area contributed by atoms with Gasteiger partial charge in [0.15, 0.2) is 5.16 Å². The number of aliphatic hydroxyl groups is 1. The van der Waals surface area contributed by atoms with Crippen LogP contribution in [0.15, 0.2) is 34.4 Å². The molecule has 0 fully saturated rings. The van der Waals surface area contributed by atoms with Gasteiger partial charge in [0.1, 0.15) is 6.07 Å². The lowest BCUT2D eigenvalue weighted by Crippen LogP contribution is -1.97. The molecule has 0 aliphatic rings. The first kappa shape index (κ1) is 12.7. The van der Waals surface area contributed by atoms with Crippen molar-refractivity contribution in [2.75, 3.05) is 0 Å². The molecule has 0 atom stereocenters. The molecule has 0 amide bonds. The highest BCUT2D eigenvalue weighted by molar-refractivity contribution is 7.99.